The van der Waals surface area contributed by atoms with Crippen LogP contribution in [0.5, 0.6) is 5.75 Å². The minimum atomic E-state index is 0.251. The van der Waals surface area contributed by atoms with Gasteiger partial charge < -0.3 is 10.4 Å². The van der Waals surface area contributed by atoms with E-state index >= 15 is 0 Å². The second-order valence-corrected chi connectivity index (χ2v) is 4.00. The summed E-state index contributed by atoms with van der Waals surface area (Å²) in [4.78, 5) is 0. The van der Waals surface area contributed by atoms with Crippen molar-refractivity contribution in [1.82, 2.24) is 5.32 Å². The fraction of sp³-hybridized carbons (Fsp3) is 0.538. The summed E-state index contributed by atoms with van der Waals surface area (Å²) in [6.07, 6.45) is 2.09. The van der Waals surface area contributed by atoms with Crippen molar-refractivity contribution in [3.8, 4) is 5.75 Å². The molecule has 0 heterocycles. The molecule has 0 aromatic heterocycles. The number of hydrogen-bond acceptors (Lipinski definition) is 2. The van der Waals surface area contributed by atoms with Crippen molar-refractivity contribution < 1.29 is 5.11 Å². The van der Waals surface area contributed by atoms with Crippen molar-refractivity contribution in [3.63, 3.8) is 0 Å². The van der Waals surface area contributed by atoms with E-state index in [-0.39, 0.29) is 6.04 Å². The Kier molecular flexibility index (Phi) is 4.63. The highest BCUT2D eigenvalue weighted by Crippen LogP contribution is 2.26. The number of benzene rings is 1. The summed E-state index contributed by atoms with van der Waals surface area (Å²) < 4.78 is 0. The van der Waals surface area contributed by atoms with Crippen molar-refractivity contribution >= 4 is 0 Å². The fourth-order valence-corrected chi connectivity index (χ4v) is 1.67. The molecule has 2 atom stereocenters. The lowest BCUT2D eigenvalue weighted by Gasteiger charge is -2.22. The Morgan fingerprint density at radius 3 is 2.40 bits per heavy atom. The minimum Gasteiger partial charge on any atom is -0.508 e. The molecule has 0 bridgehead atoms. The molecule has 2 heteroatoms. The molecule has 1 aromatic rings. The molecule has 2 nitrogen and oxygen atoms in total. The number of phenols is 1. The highest BCUT2D eigenvalue weighted by molar-refractivity contribution is 5.34. The summed E-state index contributed by atoms with van der Waals surface area (Å²) in [5.74, 6) is 0.389. The van der Waals surface area contributed by atoms with Gasteiger partial charge in [-0.15, -0.1) is 0 Å². The van der Waals surface area contributed by atoms with Gasteiger partial charge in [0.2, 0.25) is 0 Å². The van der Waals surface area contributed by atoms with Crippen molar-refractivity contribution in [3.05, 3.63) is 29.8 Å². The SMILES string of the molecule is CC[C@@H](C)N[C@@H](CC)c1ccccc1O. The third-order valence-electron chi connectivity index (χ3n) is 2.82. The number of rotatable bonds is 5. The Labute approximate surface area is 92.3 Å². The number of para-hydroxylation sites is 1. The van der Waals surface area contributed by atoms with Crippen LogP contribution in [-0.2, 0) is 0 Å². The molecule has 1 rings (SSSR count). The summed E-state index contributed by atoms with van der Waals surface area (Å²) in [5.41, 5.74) is 1.00. The highest BCUT2D eigenvalue weighted by atomic mass is 16.3. The van der Waals surface area contributed by atoms with E-state index in [1.165, 1.54) is 0 Å². The molecule has 0 radical (unpaired) electrons. The van der Waals surface area contributed by atoms with Gasteiger partial charge in [0.1, 0.15) is 5.75 Å². The monoisotopic (exact) mass is 207 g/mol. The molecule has 0 unspecified atom stereocenters. The predicted octanol–water partition coefficient (Wildman–Crippen LogP) is 3.23. The third-order valence-corrected chi connectivity index (χ3v) is 2.82. The van der Waals surface area contributed by atoms with E-state index in [2.05, 4.69) is 26.1 Å². The van der Waals surface area contributed by atoms with Crippen LogP contribution in [0.3, 0.4) is 0 Å². The van der Waals surface area contributed by atoms with Crippen LogP contribution in [-0.4, -0.2) is 11.1 Å². The number of phenolic OH excluding ortho intramolecular Hbond substituents is 1. The summed E-state index contributed by atoms with van der Waals surface area (Å²) in [6, 6.07) is 8.29. The molecule has 0 aliphatic rings. The van der Waals surface area contributed by atoms with Gasteiger partial charge in [-0.1, -0.05) is 32.0 Å². The number of hydrogen-bond donors (Lipinski definition) is 2. The zero-order valence-electron chi connectivity index (χ0n) is 9.83. The third kappa shape index (κ3) is 3.24. The Hall–Kier alpha value is -1.02. The second-order valence-electron chi connectivity index (χ2n) is 4.00. The van der Waals surface area contributed by atoms with Crippen LogP contribution in [0.1, 0.15) is 45.2 Å². The van der Waals surface area contributed by atoms with Gasteiger partial charge in [-0.05, 0) is 25.8 Å². The smallest absolute Gasteiger partial charge is 0.120 e. The first-order valence-corrected chi connectivity index (χ1v) is 5.73. The molecule has 0 saturated carbocycles. The summed E-state index contributed by atoms with van der Waals surface area (Å²) in [7, 11) is 0. The molecule has 0 saturated heterocycles. The van der Waals surface area contributed by atoms with Crippen LogP contribution >= 0.6 is 0 Å². The van der Waals surface area contributed by atoms with E-state index in [0.29, 0.717) is 11.8 Å². The van der Waals surface area contributed by atoms with Crippen molar-refractivity contribution in [1.29, 1.82) is 0 Å². The summed E-state index contributed by atoms with van der Waals surface area (Å²) in [5, 5.41) is 13.3. The molecule has 15 heavy (non-hydrogen) atoms. The first-order valence-electron chi connectivity index (χ1n) is 5.73. The lowest BCUT2D eigenvalue weighted by molar-refractivity contribution is 0.410. The van der Waals surface area contributed by atoms with E-state index in [9.17, 15) is 5.11 Å². The average Bonchev–Trinajstić information content (AvgIpc) is 2.26. The van der Waals surface area contributed by atoms with E-state index in [1.54, 1.807) is 6.07 Å². The maximum atomic E-state index is 9.76. The zero-order chi connectivity index (χ0) is 11.3. The lowest BCUT2D eigenvalue weighted by atomic mass is 10.0. The fourth-order valence-electron chi connectivity index (χ4n) is 1.67. The van der Waals surface area contributed by atoms with Crippen molar-refractivity contribution in [2.24, 2.45) is 0 Å². The molecule has 0 aliphatic carbocycles. The summed E-state index contributed by atoms with van der Waals surface area (Å²) >= 11 is 0. The molecular formula is C13H21NO. The Balaban J connectivity index is 2.78. The predicted molar refractivity (Wildman–Crippen MR) is 64.0 cm³/mol. The van der Waals surface area contributed by atoms with Crippen LogP contribution in [0.4, 0.5) is 0 Å². The van der Waals surface area contributed by atoms with Gasteiger partial charge in [0.25, 0.3) is 0 Å². The van der Waals surface area contributed by atoms with Crippen molar-refractivity contribution in [2.45, 2.75) is 45.7 Å². The van der Waals surface area contributed by atoms with Gasteiger partial charge in [-0.2, -0.15) is 0 Å². The molecular weight excluding hydrogens is 186 g/mol. The molecule has 2 N–H and O–H groups in total. The standard InChI is InChI=1S/C13H21NO/c1-4-10(3)14-12(5-2)11-8-6-7-9-13(11)15/h6-10,12,14-15H,4-5H2,1-3H3/t10-,12+/m1/s1. The molecule has 0 fully saturated rings. The molecule has 84 valence electrons. The molecule has 0 aliphatic heterocycles. The van der Waals surface area contributed by atoms with Crippen LogP contribution < -0.4 is 5.32 Å². The average molecular weight is 207 g/mol. The largest absolute Gasteiger partial charge is 0.508 e. The Morgan fingerprint density at radius 1 is 1.20 bits per heavy atom. The van der Waals surface area contributed by atoms with Crippen LogP contribution in [0, 0.1) is 0 Å². The van der Waals surface area contributed by atoms with Gasteiger partial charge in [0.15, 0.2) is 0 Å². The first kappa shape index (κ1) is 12.1. The molecule has 0 amide bonds. The minimum absolute atomic E-state index is 0.251. The molecule has 0 spiro atoms. The van der Waals surface area contributed by atoms with Crippen LogP contribution in [0.25, 0.3) is 0 Å². The number of aromatic hydroxyl groups is 1. The summed E-state index contributed by atoms with van der Waals surface area (Å²) in [6.45, 7) is 6.46. The van der Waals surface area contributed by atoms with Gasteiger partial charge in [-0.3, -0.25) is 0 Å². The topological polar surface area (TPSA) is 32.3 Å². The van der Waals surface area contributed by atoms with Gasteiger partial charge in [0.05, 0.1) is 0 Å². The zero-order valence-corrected chi connectivity index (χ0v) is 9.83. The van der Waals surface area contributed by atoms with Gasteiger partial charge in [0, 0.05) is 17.6 Å². The van der Waals surface area contributed by atoms with Crippen LogP contribution in [0.15, 0.2) is 24.3 Å². The van der Waals surface area contributed by atoms with E-state index in [4.69, 9.17) is 0 Å². The highest BCUT2D eigenvalue weighted by Gasteiger charge is 2.14. The van der Waals surface area contributed by atoms with E-state index < -0.39 is 0 Å². The Bertz CT molecular complexity index is 298. The van der Waals surface area contributed by atoms with Gasteiger partial charge >= 0.3 is 0 Å². The van der Waals surface area contributed by atoms with E-state index in [1.807, 2.05) is 18.2 Å². The maximum absolute atomic E-state index is 9.76. The van der Waals surface area contributed by atoms with E-state index in [0.717, 1.165) is 18.4 Å². The first-order chi connectivity index (χ1) is 7.19. The normalized spacial score (nSPS) is 14.9. The van der Waals surface area contributed by atoms with Gasteiger partial charge in [-0.25, -0.2) is 0 Å². The maximum Gasteiger partial charge on any atom is 0.120 e. The lowest BCUT2D eigenvalue weighted by Crippen LogP contribution is -2.29. The Morgan fingerprint density at radius 2 is 1.87 bits per heavy atom. The second kappa shape index (κ2) is 5.76. The number of nitrogens with one attached hydrogen (secondary N) is 1. The van der Waals surface area contributed by atoms with Crippen molar-refractivity contribution in [2.75, 3.05) is 0 Å². The van der Waals surface area contributed by atoms with Crippen LogP contribution in [0.2, 0.25) is 0 Å². The molecule has 1 aromatic carbocycles. The quantitative estimate of drug-likeness (QED) is 0.777.